The Hall–Kier alpha value is -4.24. The van der Waals surface area contributed by atoms with Crippen molar-refractivity contribution in [2.45, 2.75) is 12.8 Å². The highest BCUT2D eigenvalue weighted by Crippen LogP contribution is 2.32. The molecule has 0 atom stereocenters. The number of rotatable bonds is 5. The minimum Gasteiger partial charge on any atom is -0.456 e. The third-order valence-corrected chi connectivity index (χ3v) is 6.57. The van der Waals surface area contributed by atoms with Gasteiger partial charge in [-0.2, -0.15) is 5.10 Å². The summed E-state index contributed by atoms with van der Waals surface area (Å²) in [4.78, 5) is 9.44. The number of hydrogen-bond acceptors (Lipinski definition) is 7. The Morgan fingerprint density at radius 2 is 1.68 bits per heavy atom. The lowest BCUT2D eigenvalue weighted by Gasteiger charge is -2.08. The van der Waals surface area contributed by atoms with Gasteiger partial charge in [-0.05, 0) is 48.0 Å². The molecule has 0 bridgehead atoms. The normalized spacial score (nSPS) is 13.8. The zero-order valence-electron chi connectivity index (χ0n) is 20.3. The topological polar surface area (TPSA) is 101 Å². The Labute approximate surface area is 224 Å². The predicted molar refractivity (Wildman–Crippen MR) is 148 cm³/mol. The zero-order valence-corrected chi connectivity index (χ0v) is 21.1. The summed E-state index contributed by atoms with van der Waals surface area (Å²) in [6, 6.07) is 26.0. The van der Waals surface area contributed by atoms with Crippen LogP contribution in [0.5, 0.6) is 0 Å². The fraction of sp³-hybridized carbons (Fsp3) is 0.138. The third kappa shape index (κ3) is 4.39. The number of anilines is 1. The molecule has 3 aromatic carbocycles. The van der Waals surface area contributed by atoms with Crippen LogP contribution in [0.15, 0.2) is 89.5 Å². The van der Waals surface area contributed by atoms with Gasteiger partial charge in [0.1, 0.15) is 11.6 Å². The van der Waals surface area contributed by atoms with Crippen molar-refractivity contribution in [3.05, 3.63) is 96.4 Å². The molecule has 4 heterocycles. The summed E-state index contributed by atoms with van der Waals surface area (Å²) in [6.45, 7) is 1.84. The van der Waals surface area contributed by atoms with E-state index < -0.39 is 6.29 Å². The molecule has 9 heteroatoms. The summed E-state index contributed by atoms with van der Waals surface area (Å²) < 4.78 is 19.1. The summed E-state index contributed by atoms with van der Waals surface area (Å²) in [5.74, 6) is 2.35. The molecule has 0 radical (unpaired) electrons. The number of halogens is 1. The van der Waals surface area contributed by atoms with Gasteiger partial charge < -0.3 is 19.6 Å². The van der Waals surface area contributed by atoms with Crippen molar-refractivity contribution in [1.29, 1.82) is 0 Å². The van der Waals surface area contributed by atoms with Gasteiger partial charge in [-0.15, -0.1) is 12.4 Å². The molecule has 1 saturated heterocycles. The molecule has 190 valence electrons. The second kappa shape index (κ2) is 9.90. The van der Waals surface area contributed by atoms with Gasteiger partial charge in [0.15, 0.2) is 11.6 Å². The molecular formula is C29H24ClN5O3. The molecule has 2 N–H and O–H groups in total. The first-order valence-corrected chi connectivity index (χ1v) is 12.1. The second-order valence-electron chi connectivity index (χ2n) is 9.00. The Bertz CT molecular complexity index is 1740. The molecule has 0 spiro atoms. The number of benzene rings is 3. The second-order valence-corrected chi connectivity index (χ2v) is 9.00. The van der Waals surface area contributed by atoms with Gasteiger partial charge in [0, 0.05) is 21.9 Å². The van der Waals surface area contributed by atoms with E-state index in [1.807, 2.05) is 65.5 Å². The molecule has 3 aromatic heterocycles. The van der Waals surface area contributed by atoms with Crippen LogP contribution in [-0.4, -0.2) is 33.0 Å². The molecular weight excluding hydrogens is 502 g/mol. The Kier molecular flexibility index (Phi) is 6.29. The van der Waals surface area contributed by atoms with Crippen LogP contribution in [0.2, 0.25) is 0 Å². The van der Waals surface area contributed by atoms with Gasteiger partial charge in [0.05, 0.1) is 37.0 Å². The molecule has 6 aromatic rings. The van der Waals surface area contributed by atoms with Crippen molar-refractivity contribution in [2.24, 2.45) is 0 Å². The minimum atomic E-state index is -0.453. The summed E-state index contributed by atoms with van der Waals surface area (Å²) in [7, 11) is 0. The molecule has 1 aliphatic rings. The molecule has 0 unspecified atom stereocenters. The van der Waals surface area contributed by atoms with Gasteiger partial charge in [0.25, 0.3) is 0 Å². The van der Waals surface area contributed by atoms with Crippen molar-refractivity contribution < 1.29 is 13.9 Å². The van der Waals surface area contributed by atoms with Crippen molar-refractivity contribution in [3.63, 3.8) is 0 Å². The van der Waals surface area contributed by atoms with Crippen LogP contribution in [0.25, 0.3) is 44.5 Å². The maximum Gasteiger partial charge on any atom is 0.217 e. The van der Waals surface area contributed by atoms with Crippen molar-refractivity contribution >= 4 is 40.0 Å². The highest BCUT2D eigenvalue weighted by atomic mass is 35.5. The van der Waals surface area contributed by atoms with Crippen molar-refractivity contribution in [3.8, 4) is 22.7 Å². The number of furan rings is 1. The maximum absolute atomic E-state index is 6.35. The fourth-order valence-electron chi connectivity index (χ4n) is 4.70. The van der Waals surface area contributed by atoms with Crippen LogP contribution in [-0.2, 0) is 16.0 Å². The SMILES string of the molecule is Cl.Nc1nc(-c2ccc3c(cnn3Cc3ccccc3)c2)nc2cc(-c3ccc(C4OCCO4)o3)ccc12. The summed E-state index contributed by atoms with van der Waals surface area (Å²) in [5, 5.41) is 6.40. The van der Waals surface area contributed by atoms with Crippen LogP contribution in [0.4, 0.5) is 5.82 Å². The number of hydrogen-bond donors (Lipinski definition) is 1. The molecule has 8 nitrogen and oxygen atoms in total. The van der Waals surface area contributed by atoms with E-state index >= 15 is 0 Å². The van der Waals surface area contributed by atoms with Crippen LogP contribution >= 0.6 is 12.4 Å². The van der Waals surface area contributed by atoms with E-state index in [2.05, 4.69) is 34.3 Å². The lowest BCUT2D eigenvalue weighted by Crippen LogP contribution is -2.01. The lowest BCUT2D eigenvalue weighted by atomic mass is 10.1. The Morgan fingerprint density at radius 1 is 0.868 bits per heavy atom. The number of nitrogens with zero attached hydrogens (tertiary/aromatic N) is 4. The monoisotopic (exact) mass is 525 g/mol. The largest absolute Gasteiger partial charge is 0.456 e. The zero-order chi connectivity index (χ0) is 24.8. The smallest absolute Gasteiger partial charge is 0.217 e. The highest BCUT2D eigenvalue weighted by Gasteiger charge is 2.22. The Morgan fingerprint density at radius 3 is 2.53 bits per heavy atom. The van der Waals surface area contributed by atoms with Crippen molar-refractivity contribution in [2.75, 3.05) is 18.9 Å². The first kappa shape index (κ1) is 24.1. The average molecular weight is 526 g/mol. The fourth-order valence-corrected chi connectivity index (χ4v) is 4.70. The van der Waals surface area contributed by atoms with E-state index in [1.165, 1.54) is 5.56 Å². The third-order valence-electron chi connectivity index (χ3n) is 6.57. The van der Waals surface area contributed by atoms with Crippen LogP contribution < -0.4 is 5.73 Å². The molecule has 38 heavy (non-hydrogen) atoms. The molecule has 0 saturated carbocycles. The van der Waals surface area contributed by atoms with Crippen LogP contribution in [0.1, 0.15) is 17.6 Å². The van der Waals surface area contributed by atoms with E-state index in [-0.39, 0.29) is 12.4 Å². The van der Waals surface area contributed by atoms with Gasteiger partial charge >= 0.3 is 0 Å². The van der Waals surface area contributed by atoms with Crippen LogP contribution in [0, 0.1) is 0 Å². The summed E-state index contributed by atoms with van der Waals surface area (Å²) in [5.41, 5.74) is 11.1. The minimum absolute atomic E-state index is 0. The van der Waals surface area contributed by atoms with E-state index in [1.54, 1.807) is 0 Å². The highest BCUT2D eigenvalue weighted by molar-refractivity contribution is 5.93. The van der Waals surface area contributed by atoms with Gasteiger partial charge in [-0.1, -0.05) is 36.4 Å². The molecule has 1 aliphatic heterocycles. The summed E-state index contributed by atoms with van der Waals surface area (Å²) >= 11 is 0. The van der Waals surface area contributed by atoms with Crippen LogP contribution in [0.3, 0.4) is 0 Å². The van der Waals surface area contributed by atoms with Gasteiger partial charge in [-0.3, -0.25) is 4.68 Å². The predicted octanol–water partition coefficient (Wildman–Crippen LogP) is 6.00. The quantitative estimate of drug-likeness (QED) is 0.294. The first-order chi connectivity index (χ1) is 18.2. The Balaban J connectivity index is 0.00000264. The average Bonchev–Trinajstić information content (AvgIpc) is 3.70. The molecule has 1 fully saturated rings. The summed E-state index contributed by atoms with van der Waals surface area (Å²) in [6.07, 6.45) is 1.42. The van der Waals surface area contributed by atoms with Gasteiger partial charge in [-0.25, -0.2) is 9.97 Å². The van der Waals surface area contributed by atoms with E-state index in [0.29, 0.717) is 42.9 Å². The number of fused-ring (bicyclic) bond motifs is 2. The van der Waals surface area contributed by atoms with E-state index in [0.717, 1.165) is 32.9 Å². The molecule has 7 rings (SSSR count). The maximum atomic E-state index is 6.35. The molecule has 0 aliphatic carbocycles. The standard InChI is InChI=1S/C29H23N5O3.ClH/c30-27-22-8-6-19(25-10-11-26(37-25)29-35-12-13-36-29)15-23(22)32-28(33-27)20-7-9-24-21(14-20)16-31-34(24)17-18-4-2-1-3-5-18;/h1-11,14-16,29H,12-13,17H2,(H2,30,32,33);1H. The number of ether oxygens (including phenoxy) is 2. The lowest BCUT2D eigenvalue weighted by molar-refractivity contribution is -0.0585. The molecule has 0 amide bonds. The number of nitrogens with two attached hydrogens (primary N) is 1. The number of aromatic nitrogens is 4. The number of nitrogen functional groups attached to an aromatic ring is 1. The van der Waals surface area contributed by atoms with E-state index in [9.17, 15) is 0 Å². The first-order valence-electron chi connectivity index (χ1n) is 12.1. The van der Waals surface area contributed by atoms with Gasteiger partial charge in [0.2, 0.25) is 6.29 Å². The van der Waals surface area contributed by atoms with E-state index in [4.69, 9.17) is 24.6 Å². The van der Waals surface area contributed by atoms with Crippen molar-refractivity contribution in [1.82, 2.24) is 19.7 Å².